The molecule has 1 unspecified atom stereocenters. The fourth-order valence-corrected chi connectivity index (χ4v) is 3.98. The molecule has 0 aliphatic heterocycles. The minimum atomic E-state index is -0.379. The smallest absolute Gasteiger partial charge is 0.279 e. The van der Waals surface area contributed by atoms with E-state index >= 15 is 0 Å². The van der Waals surface area contributed by atoms with Crippen molar-refractivity contribution in [1.29, 1.82) is 0 Å². The molecule has 1 aromatic carbocycles. The number of carbonyl (C=O) groups is 1. The van der Waals surface area contributed by atoms with Crippen molar-refractivity contribution in [2.24, 2.45) is 5.92 Å². The summed E-state index contributed by atoms with van der Waals surface area (Å²) in [7, 11) is 0. The Labute approximate surface area is 176 Å². The van der Waals surface area contributed by atoms with Gasteiger partial charge in [0.2, 0.25) is 0 Å². The molecule has 0 saturated carbocycles. The van der Waals surface area contributed by atoms with Gasteiger partial charge in [-0.2, -0.15) is 5.10 Å². The van der Waals surface area contributed by atoms with E-state index in [1.807, 2.05) is 6.07 Å². The number of nitrogens with one attached hydrogen (secondary N) is 1. The van der Waals surface area contributed by atoms with Crippen molar-refractivity contribution in [3.63, 3.8) is 0 Å². The van der Waals surface area contributed by atoms with Crippen LogP contribution in [0.4, 0.5) is 5.82 Å². The average molecular weight is 440 g/mol. The zero-order valence-electron chi connectivity index (χ0n) is 15.0. The summed E-state index contributed by atoms with van der Waals surface area (Å²) in [6.45, 7) is 2.54. The monoisotopic (exact) mass is 438 g/mol. The first-order chi connectivity index (χ1) is 13.4. The predicted octanol–water partition coefficient (Wildman–Crippen LogP) is 5.26. The fourth-order valence-electron chi connectivity index (χ4n) is 3.31. The molecule has 2 aromatic heterocycles. The number of hydrogen-bond acceptors (Lipinski definition) is 4. The second kappa shape index (κ2) is 7.78. The van der Waals surface area contributed by atoms with E-state index in [4.69, 9.17) is 39.3 Å². The number of benzene rings is 1. The van der Waals surface area contributed by atoms with E-state index in [-0.39, 0.29) is 11.7 Å². The molecule has 0 spiro atoms. The van der Waals surface area contributed by atoms with Crippen molar-refractivity contribution < 1.29 is 9.32 Å². The minimum Gasteiger partial charge on any atom is -0.360 e. The molecule has 0 fully saturated rings. The van der Waals surface area contributed by atoms with Crippen LogP contribution >= 0.6 is 34.8 Å². The third-order valence-electron chi connectivity index (χ3n) is 4.80. The van der Waals surface area contributed by atoms with Crippen LogP contribution in [0.3, 0.4) is 0 Å². The lowest BCUT2D eigenvalue weighted by Gasteiger charge is -2.16. The van der Waals surface area contributed by atoms with Crippen LogP contribution in [0.2, 0.25) is 15.1 Å². The predicted molar refractivity (Wildman–Crippen MR) is 108 cm³/mol. The highest BCUT2D eigenvalue weighted by Gasteiger charge is 2.27. The molecule has 0 bridgehead atoms. The van der Waals surface area contributed by atoms with Gasteiger partial charge in [0.15, 0.2) is 11.5 Å². The maximum Gasteiger partial charge on any atom is 0.279 e. The van der Waals surface area contributed by atoms with Crippen LogP contribution in [0, 0.1) is 5.92 Å². The maximum absolute atomic E-state index is 12.7. The summed E-state index contributed by atoms with van der Waals surface area (Å²) in [5, 5.41) is 12.5. The van der Waals surface area contributed by atoms with Crippen molar-refractivity contribution in [2.75, 3.05) is 5.32 Å². The molecule has 2 heterocycles. The highest BCUT2D eigenvalue weighted by Crippen LogP contribution is 2.29. The highest BCUT2D eigenvalue weighted by molar-refractivity contribution is 6.35. The number of hydrogen-bond donors (Lipinski definition) is 1. The van der Waals surface area contributed by atoms with Gasteiger partial charge in [-0.25, -0.2) is 0 Å². The Morgan fingerprint density at radius 3 is 2.93 bits per heavy atom. The molecule has 1 amide bonds. The number of fused-ring (bicyclic) bond motifs is 1. The van der Waals surface area contributed by atoms with E-state index in [0.717, 1.165) is 36.1 Å². The lowest BCUT2D eigenvalue weighted by atomic mass is 9.88. The molecule has 1 atom stereocenters. The molecular formula is C19H17Cl3N4O2. The number of amides is 1. The summed E-state index contributed by atoms with van der Waals surface area (Å²) >= 11 is 18.4. The molecule has 0 saturated heterocycles. The minimum absolute atomic E-state index is 0.261. The van der Waals surface area contributed by atoms with Gasteiger partial charge in [0, 0.05) is 28.2 Å². The van der Waals surface area contributed by atoms with E-state index in [1.165, 1.54) is 0 Å². The van der Waals surface area contributed by atoms with Gasteiger partial charge < -0.3 is 9.84 Å². The zero-order chi connectivity index (χ0) is 19.8. The van der Waals surface area contributed by atoms with Crippen LogP contribution in [0.15, 0.2) is 28.9 Å². The van der Waals surface area contributed by atoms with Gasteiger partial charge in [0.05, 0.1) is 6.54 Å². The summed E-state index contributed by atoms with van der Waals surface area (Å²) in [6, 6.07) is 5.24. The number of halogens is 3. The highest BCUT2D eigenvalue weighted by atomic mass is 35.5. The van der Waals surface area contributed by atoms with E-state index in [1.54, 1.807) is 23.0 Å². The third-order valence-corrected chi connectivity index (χ3v) is 5.66. The number of nitrogens with zero attached hydrogens (tertiary/aromatic N) is 3. The largest absolute Gasteiger partial charge is 0.360 e. The van der Waals surface area contributed by atoms with Gasteiger partial charge in [-0.05, 0) is 36.5 Å². The molecule has 3 aromatic rings. The SMILES string of the molecule is CC1CCc2onc(C(=O)Nc3nn(Cc4ccc(Cl)cc4Cl)cc3Cl)c2C1. The number of rotatable bonds is 4. The third kappa shape index (κ3) is 3.90. The topological polar surface area (TPSA) is 73.0 Å². The van der Waals surface area contributed by atoms with Gasteiger partial charge in [-0.15, -0.1) is 0 Å². The van der Waals surface area contributed by atoms with Gasteiger partial charge in [0.1, 0.15) is 10.8 Å². The zero-order valence-corrected chi connectivity index (χ0v) is 17.3. The summed E-state index contributed by atoms with van der Waals surface area (Å²) < 4.78 is 6.94. The van der Waals surface area contributed by atoms with Crippen molar-refractivity contribution in [3.8, 4) is 0 Å². The van der Waals surface area contributed by atoms with Crippen molar-refractivity contribution in [2.45, 2.75) is 32.7 Å². The Bertz CT molecular complexity index is 1040. The molecule has 4 rings (SSSR count). The van der Waals surface area contributed by atoms with Crippen LogP contribution in [-0.2, 0) is 19.4 Å². The van der Waals surface area contributed by atoms with Crippen molar-refractivity contribution >= 4 is 46.5 Å². The Morgan fingerprint density at radius 2 is 2.14 bits per heavy atom. The maximum atomic E-state index is 12.7. The number of aryl methyl sites for hydroxylation is 1. The number of aromatic nitrogens is 3. The molecule has 28 heavy (non-hydrogen) atoms. The van der Waals surface area contributed by atoms with Gasteiger partial charge in [-0.1, -0.05) is 52.9 Å². The second-order valence-corrected chi connectivity index (χ2v) is 8.24. The first-order valence-electron chi connectivity index (χ1n) is 8.86. The molecule has 1 N–H and O–H groups in total. The van der Waals surface area contributed by atoms with Crippen molar-refractivity contribution in [3.05, 3.63) is 62.0 Å². The summed E-state index contributed by atoms with van der Waals surface area (Å²) in [6.07, 6.45) is 4.24. The van der Waals surface area contributed by atoms with E-state index in [2.05, 4.69) is 22.5 Å². The van der Waals surface area contributed by atoms with Crippen molar-refractivity contribution in [1.82, 2.24) is 14.9 Å². The first kappa shape index (κ1) is 19.3. The molecule has 146 valence electrons. The molecule has 6 nitrogen and oxygen atoms in total. The second-order valence-electron chi connectivity index (χ2n) is 6.99. The Balaban J connectivity index is 1.51. The molecule has 1 aliphatic rings. The van der Waals surface area contributed by atoms with Gasteiger partial charge in [0.25, 0.3) is 5.91 Å². The molecular weight excluding hydrogens is 423 g/mol. The average Bonchev–Trinajstić information content (AvgIpc) is 3.20. The Kier molecular flexibility index (Phi) is 5.36. The Morgan fingerprint density at radius 1 is 1.32 bits per heavy atom. The number of carbonyl (C=O) groups excluding carboxylic acids is 1. The van der Waals surface area contributed by atoms with E-state index < -0.39 is 0 Å². The van der Waals surface area contributed by atoms with Crippen LogP contribution < -0.4 is 5.32 Å². The van der Waals surface area contributed by atoms with Gasteiger partial charge >= 0.3 is 0 Å². The van der Waals surface area contributed by atoms with Crippen LogP contribution in [0.1, 0.15) is 40.7 Å². The van der Waals surface area contributed by atoms with E-state index in [9.17, 15) is 4.79 Å². The Hall–Kier alpha value is -2.02. The lowest BCUT2D eigenvalue weighted by molar-refractivity contribution is 0.101. The molecule has 0 radical (unpaired) electrons. The van der Waals surface area contributed by atoms with E-state index in [0.29, 0.717) is 33.2 Å². The first-order valence-corrected chi connectivity index (χ1v) is 9.99. The lowest BCUT2D eigenvalue weighted by Crippen LogP contribution is -2.18. The van der Waals surface area contributed by atoms with Crippen LogP contribution in [-0.4, -0.2) is 20.8 Å². The molecule has 1 aliphatic carbocycles. The summed E-state index contributed by atoms with van der Waals surface area (Å²) in [5.41, 5.74) is 2.01. The van der Waals surface area contributed by atoms with Crippen LogP contribution in [0.25, 0.3) is 0 Å². The fraction of sp³-hybridized carbons (Fsp3) is 0.316. The standard InChI is InChI=1S/C19H17Cl3N4O2/c1-10-2-5-16-13(6-10)17(25-28-16)19(27)23-18-15(22)9-26(24-18)8-11-3-4-12(20)7-14(11)21/h3-4,7,9-10H,2,5-6,8H2,1H3,(H,23,24,27). The quantitative estimate of drug-likeness (QED) is 0.602. The molecule has 9 heteroatoms. The summed E-state index contributed by atoms with van der Waals surface area (Å²) in [5.74, 6) is 1.16. The summed E-state index contributed by atoms with van der Waals surface area (Å²) in [4.78, 5) is 12.7. The normalized spacial score (nSPS) is 16.1. The number of anilines is 1. The van der Waals surface area contributed by atoms with Crippen LogP contribution in [0.5, 0.6) is 0 Å². The van der Waals surface area contributed by atoms with Gasteiger partial charge in [-0.3, -0.25) is 9.48 Å².